The van der Waals surface area contributed by atoms with Crippen molar-refractivity contribution in [3.05, 3.63) is 6.92 Å². The highest BCUT2D eigenvalue weighted by Crippen LogP contribution is 2.08. The molecule has 1 heteroatoms. The topological polar surface area (TPSA) is 12.0 Å². The fraction of sp³-hybridized carbons (Fsp3) is 0.875. The smallest absolute Gasteiger partial charge is 0.000252 e. The minimum atomic E-state index is 0.190. The molecule has 0 saturated heterocycles. The molecule has 0 amide bonds. The van der Waals surface area contributed by atoms with Crippen LogP contribution in [-0.2, 0) is 0 Å². The molecule has 0 aromatic rings. The van der Waals surface area contributed by atoms with Crippen LogP contribution in [0.2, 0.25) is 0 Å². The number of hydrogen-bond acceptors (Lipinski definition) is 1. The van der Waals surface area contributed by atoms with Crippen LogP contribution >= 0.6 is 0 Å². The van der Waals surface area contributed by atoms with Crippen molar-refractivity contribution in [1.82, 2.24) is 5.32 Å². The molecule has 0 aliphatic carbocycles. The van der Waals surface area contributed by atoms with Gasteiger partial charge in [0.1, 0.15) is 0 Å². The molecule has 0 rings (SSSR count). The minimum Gasteiger partial charge on any atom is -0.316 e. The molecule has 0 aromatic heterocycles. The zero-order valence-electron chi connectivity index (χ0n) is 6.83. The van der Waals surface area contributed by atoms with E-state index < -0.39 is 0 Å². The van der Waals surface area contributed by atoms with Gasteiger partial charge < -0.3 is 5.32 Å². The van der Waals surface area contributed by atoms with E-state index in [1.807, 2.05) is 0 Å². The fourth-order valence-corrected chi connectivity index (χ4v) is 0.604. The van der Waals surface area contributed by atoms with E-state index in [4.69, 9.17) is 0 Å². The number of rotatable bonds is 4. The largest absolute Gasteiger partial charge is 0.316 e. The third-order valence-electron chi connectivity index (χ3n) is 1.03. The van der Waals surface area contributed by atoms with Gasteiger partial charge in [-0.1, -0.05) is 20.8 Å². The van der Waals surface area contributed by atoms with E-state index in [9.17, 15) is 0 Å². The van der Waals surface area contributed by atoms with Crippen molar-refractivity contribution < 1.29 is 0 Å². The fourth-order valence-electron chi connectivity index (χ4n) is 0.604. The van der Waals surface area contributed by atoms with Gasteiger partial charge in [-0.05, 0) is 25.3 Å². The van der Waals surface area contributed by atoms with Gasteiger partial charge in [0, 0.05) is 6.54 Å². The summed E-state index contributed by atoms with van der Waals surface area (Å²) in [6.45, 7) is 12.5. The molecule has 1 nitrogen and oxygen atoms in total. The molecule has 1 N–H and O–H groups in total. The molecule has 0 atom stereocenters. The Morgan fingerprint density at radius 1 is 1.44 bits per heavy atom. The number of hydrogen-bond donors (Lipinski definition) is 1. The van der Waals surface area contributed by atoms with Crippen LogP contribution in [0.25, 0.3) is 0 Å². The average molecular weight is 128 g/mol. The van der Waals surface area contributed by atoms with Gasteiger partial charge in [-0.3, -0.25) is 0 Å². The quantitative estimate of drug-likeness (QED) is 0.570. The lowest BCUT2D eigenvalue weighted by Crippen LogP contribution is -2.27. The van der Waals surface area contributed by atoms with E-state index in [1.165, 1.54) is 6.42 Å². The van der Waals surface area contributed by atoms with E-state index in [2.05, 4.69) is 33.0 Å². The van der Waals surface area contributed by atoms with E-state index >= 15 is 0 Å². The first-order valence-corrected chi connectivity index (χ1v) is 3.62. The zero-order valence-corrected chi connectivity index (χ0v) is 6.83. The van der Waals surface area contributed by atoms with Crippen molar-refractivity contribution in [2.75, 3.05) is 13.1 Å². The zero-order chi connectivity index (χ0) is 7.33. The average Bonchev–Trinajstić information content (AvgIpc) is 1.63. The van der Waals surface area contributed by atoms with E-state index in [0.717, 1.165) is 13.1 Å². The second kappa shape index (κ2) is 3.89. The van der Waals surface area contributed by atoms with Crippen LogP contribution in [0.15, 0.2) is 0 Å². The second-order valence-electron chi connectivity index (χ2n) is 3.34. The summed E-state index contributed by atoms with van der Waals surface area (Å²) in [5, 5.41) is 3.31. The predicted molar refractivity (Wildman–Crippen MR) is 42.3 cm³/mol. The molecule has 55 valence electrons. The molecule has 0 spiro atoms. The van der Waals surface area contributed by atoms with Gasteiger partial charge in [-0.25, -0.2) is 0 Å². The second-order valence-corrected chi connectivity index (χ2v) is 3.34. The van der Waals surface area contributed by atoms with Gasteiger partial charge in [0.2, 0.25) is 0 Å². The van der Waals surface area contributed by atoms with Crippen molar-refractivity contribution >= 4 is 0 Å². The van der Waals surface area contributed by atoms with Gasteiger partial charge in [0.25, 0.3) is 0 Å². The normalized spacial score (nSPS) is 12.0. The molecule has 0 aliphatic rings. The van der Waals surface area contributed by atoms with Crippen LogP contribution in [0.3, 0.4) is 0 Å². The Kier molecular flexibility index (Phi) is 3.87. The maximum absolute atomic E-state index is 3.98. The Bertz CT molecular complexity index is 61.5. The summed E-state index contributed by atoms with van der Waals surface area (Å²) >= 11 is 0. The molecule has 0 unspecified atom stereocenters. The Labute approximate surface area is 58.8 Å². The Morgan fingerprint density at radius 2 is 2.00 bits per heavy atom. The van der Waals surface area contributed by atoms with Crippen molar-refractivity contribution in [2.45, 2.75) is 27.2 Å². The summed E-state index contributed by atoms with van der Waals surface area (Å²) in [5.41, 5.74) is 0.190. The molecule has 0 aliphatic heterocycles. The minimum absolute atomic E-state index is 0.190. The van der Waals surface area contributed by atoms with Crippen LogP contribution in [0.4, 0.5) is 0 Å². The SMILES string of the molecule is [CH2]C(C)(C)CNCCC. The van der Waals surface area contributed by atoms with Gasteiger partial charge in [0.05, 0.1) is 0 Å². The summed E-state index contributed by atoms with van der Waals surface area (Å²) < 4.78 is 0. The molecule has 9 heavy (non-hydrogen) atoms. The Morgan fingerprint density at radius 3 is 2.33 bits per heavy atom. The first-order chi connectivity index (χ1) is 4.06. The van der Waals surface area contributed by atoms with Gasteiger partial charge in [-0.2, -0.15) is 0 Å². The van der Waals surface area contributed by atoms with Gasteiger partial charge in [-0.15, -0.1) is 0 Å². The lowest BCUT2D eigenvalue weighted by molar-refractivity contribution is 0.430. The van der Waals surface area contributed by atoms with Gasteiger partial charge in [0.15, 0.2) is 0 Å². The summed E-state index contributed by atoms with van der Waals surface area (Å²) in [4.78, 5) is 0. The maximum Gasteiger partial charge on any atom is 0.000252 e. The predicted octanol–water partition coefficient (Wildman–Crippen LogP) is 1.85. The first kappa shape index (κ1) is 8.96. The summed E-state index contributed by atoms with van der Waals surface area (Å²) in [5.74, 6) is 0. The Hall–Kier alpha value is -0.0400. The lowest BCUT2D eigenvalue weighted by atomic mass is 9.97. The Balaban J connectivity index is 3.07. The van der Waals surface area contributed by atoms with E-state index in [1.54, 1.807) is 0 Å². The van der Waals surface area contributed by atoms with Crippen LogP contribution in [0.5, 0.6) is 0 Å². The summed E-state index contributed by atoms with van der Waals surface area (Å²) in [6, 6.07) is 0. The monoisotopic (exact) mass is 128 g/mol. The van der Waals surface area contributed by atoms with Crippen LogP contribution < -0.4 is 5.32 Å². The highest BCUT2D eigenvalue weighted by molar-refractivity contribution is 4.72. The standard InChI is InChI=1S/C8H18N/c1-5-6-9-7-8(2,3)4/h9H,2,5-7H2,1,3-4H3. The molecular formula is C8H18N. The van der Waals surface area contributed by atoms with E-state index in [-0.39, 0.29) is 5.41 Å². The molecule has 0 aromatic carbocycles. The van der Waals surface area contributed by atoms with Crippen LogP contribution in [0, 0.1) is 12.3 Å². The molecule has 0 heterocycles. The maximum atomic E-state index is 3.98. The van der Waals surface area contributed by atoms with E-state index in [0.29, 0.717) is 0 Å². The summed E-state index contributed by atoms with van der Waals surface area (Å²) in [7, 11) is 0. The lowest BCUT2D eigenvalue weighted by Gasteiger charge is -2.17. The highest BCUT2D eigenvalue weighted by atomic mass is 14.9. The highest BCUT2D eigenvalue weighted by Gasteiger charge is 2.07. The van der Waals surface area contributed by atoms with Crippen molar-refractivity contribution in [3.8, 4) is 0 Å². The first-order valence-electron chi connectivity index (χ1n) is 3.62. The molecule has 0 saturated carbocycles. The van der Waals surface area contributed by atoms with Crippen molar-refractivity contribution in [1.29, 1.82) is 0 Å². The third kappa shape index (κ3) is 7.96. The van der Waals surface area contributed by atoms with Crippen LogP contribution in [-0.4, -0.2) is 13.1 Å². The van der Waals surface area contributed by atoms with Crippen molar-refractivity contribution in [3.63, 3.8) is 0 Å². The third-order valence-corrected chi connectivity index (χ3v) is 1.03. The van der Waals surface area contributed by atoms with Gasteiger partial charge >= 0.3 is 0 Å². The molecular weight excluding hydrogens is 110 g/mol. The molecule has 0 bridgehead atoms. The summed E-state index contributed by atoms with van der Waals surface area (Å²) in [6.07, 6.45) is 1.20. The molecule has 0 fully saturated rings. The molecule has 1 radical (unpaired) electrons. The number of nitrogens with one attached hydrogen (secondary N) is 1. The van der Waals surface area contributed by atoms with Crippen LogP contribution in [0.1, 0.15) is 27.2 Å². The van der Waals surface area contributed by atoms with Crippen molar-refractivity contribution in [2.24, 2.45) is 5.41 Å².